The van der Waals surface area contributed by atoms with E-state index in [0.717, 1.165) is 31.5 Å². The van der Waals surface area contributed by atoms with E-state index in [4.69, 9.17) is 0 Å². The zero-order valence-electron chi connectivity index (χ0n) is 15.4. The Balaban J connectivity index is 1.40. The lowest BCUT2D eigenvalue weighted by Gasteiger charge is -2.25. The van der Waals surface area contributed by atoms with Crippen LogP contribution in [0.15, 0.2) is 54.6 Å². The highest BCUT2D eigenvalue weighted by atomic mass is 32.2. The number of nitrogens with zero attached hydrogens (tertiary/aromatic N) is 2. The average molecular weight is 389 g/mol. The van der Waals surface area contributed by atoms with E-state index in [1.165, 1.54) is 6.07 Å². The van der Waals surface area contributed by atoms with Crippen molar-refractivity contribution < 1.29 is 12.8 Å². The van der Waals surface area contributed by atoms with Crippen LogP contribution in [0.5, 0.6) is 0 Å². The van der Waals surface area contributed by atoms with Gasteiger partial charge in [-0.2, -0.15) is 0 Å². The molecule has 144 valence electrons. The molecule has 2 aromatic carbocycles. The van der Waals surface area contributed by atoms with Crippen molar-refractivity contribution in [3.05, 3.63) is 71.5 Å². The number of benzene rings is 2. The van der Waals surface area contributed by atoms with Crippen LogP contribution in [0.4, 0.5) is 4.39 Å². The standard InChI is InChI=1S/C21H25FN2O2S/c22-20-9-5-4-8-19(20)14-23-12-10-21(16-23)11-13-24(17-21)27(25,26)15-18-6-2-1-3-7-18/h1-9H,10-17H2. The van der Waals surface area contributed by atoms with Crippen molar-refractivity contribution in [3.63, 3.8) is 0 Å². The van der Waals surface area contributed by atoms with Gasteiger partial charge in [-0.25, -0.2) is 17.1 Å². The Morgan fingerprint density at radius 2 is 1.63 bits per heavy atom. The molecule has 2 heterocycles. The molecule has 0 N–H and O–H groups in total. The van der Waals surface area contributed by atoms with Crippen LogP contribution in [0.1, 0.15) is 24.0 Å². The van der Waals surface area contributed by atoms with Crippen LogP contribution in [-0.2, 0) is 22.3 Å². The molecule has 1 atom stereocenters. The Morgan fingerprint density at radius 1 is 0.926 bits per heavy atom. The topological polar surface area (TPSA) is 40.6 Å². The number of hydrogen-bond acceptors (Lipinski definition) is 3. The van der Waals surface area contributed by atoms with Crippen LogP contribution in [-0.4, -0.2) is 43.8 Å². The van der Waals surface area contributed by atoms with E-state index in [1.807, 2.05) is 42.5 Å². The monoisotopic (exact) mass is 388 g/mol. The van der Waals surface area contributed by atoms with Crippen molar-refractivity contribution in [2.24, 2.45) is 5.41 Å². The molecular weight excluding hydrogens is 363 g/mol. The predicted molar refractivity (Wildman–Crippen MR) is 104 cm³/mol. The van der Waals surface area contributed by atoms with Gasteiger partial charge < -0.3 is 0 Å². The summed E-state index contributed by atoms with van der Waals surface area (Å²) in [6.07, 6.45) is 1.85. The maximum atomic E-state index is 13.9. The predicted octanol–water partition coefficient (Wildman–Crippen LogP) is 3.25. The van der Waals surface area contributed by atoms with Gasteiger partial charge in [-0.15, -0.1) is 0 Å². The summed E-state index contributed by atoms with van der Waals surface area (Å²) in [5.74, 6) is -0.111. The van der Waals surface area contributed by atoms with E-state index in [-0.39, 0.29) is 17.0 Å². The van der Waals surface area contributed by atoms with Gasteiger partial charge in [0.05, 0.1) is 5.75 Å². The molecule has 0 amide bonds. The van der Waals surface area contributed by atoms with Crippen molar-refractivity contribution in [3.8, 4) is 0 Å². The van der Waals surface area contributed by atoms with Gasteiger partial charge >= 0.3 is 0 Å². The summed E-state index contributed by atoms with van der Waals surface area (Å²) < 4.78 is 41.2. The van der Waals surface area contributed by atoms with Crippen LogP contribution in [0.25, 0.3) is 0 Å². The molecule has 2 fully saturated rings. The third kappa shape index (κ3) is 4.08. The first-order chi connectivity index (χ1) is 13.0. The van der Waals surface area contributed by atoms with Gasteiger partial charge in [0.15, 0.2) is 0 Å². The first kappa shape index (κ1) is 18.6. The normalized spacial score (nSPS) is 24.0. The molecule has 4 rings (SSSR count). The second-order valence-electron chi connectivity index (χ2n) is 7.88. The number of sulfonamides is 1. The van der Waals surface area contributed by atoms with Gasteiger partial charge in [-0.1, -0.05) is 48.5 Å². The van der Waals surface area contributed by atoms with Crippen molar-refractivity contribution in [2.45, 2.75) is 25.1 Å². The largest absolute Gasteiger partial charge is 0.298 e. The molecule has 6 heteroatoms. The molecule has 2 aromatic rings. The van der Waals surface area contributed by atoms with Crippen molar-refractivity contribution in [1.82, 2.24) is 9.21 Å². The molecule has 1 unspecified atom stereocenters. The first-order valence-electron chi connectivity index (χ1n) is 9.43. The minimum atomic E-state index is -3.30. The zero-order valence-corrected chi connectivity index (χ0v) is 16.2. The van der Waals surface area contributed by atoms with Gasteiger partial charge in [-0.05, 0) is 36.4 Å². The summed E-state index contributed by atoms with van der Waals surface area (Å²) in [6.45, 7) is 3.48. The van der Waals surface area contributed by atoms with Gasteiger partial charge in [-0.3, -0.25) is 4.90 Å². The van der Waals surface area contributed by atoms with E-state index in [1.54, 1.807) is 10.4 Å². The van der Waals surface area contributed by atoms with Crippen LogP contribution in [0.3, 0.4) is 0 Å². The average Bonchev–Trinajstić information content (AvgIpc) is 3.25. The van der Waals surface area contributed by atoms with Gasteiger partial charge in [0, 0.05) is 31.7 Å². The molecule has 0 bridgehead atoms. The van der Waals surface area contributed by atoms with E-state index >= 15 is 0 Å². The third-order valence-electron chi connectivity index (χ3n) is 5.86. The smallest absolute Gasteiger partial charge is 0.218 e. The number of likely N-dealkylation sites (tertiary alicyclic amines) is 1. The van der Waals surface area contributed by atoms with Gasteiger partial charge in [0.25, 0.3) is 0 Å². The fourth-order valence-electron chi connectivity index (χ4n) is 4.37. The molecule has 27 heavy (non-hydrogen) atoms. The number of halogens is 1. The van der Waals surface area contributed by atoms with Gasteiger partial charge in [0.2, 0.25) is 10.0 Å². The Morgan fingerprint density at radius 3 is 2.41 bits per heavy atom. The van der Waals surface area contributed by atoms with E-state index < -0.39 is 10.0 Å². The van der Waals surface area contributed by atoms with Crippen LogP contribution in [0, 0.1) is 11.2 Å². The lowest BCUT2D eigenvalue weighted by atomic mass is 9.86. The molecule has 2 aliphatic rings. The number of hydrogen-bond donors (Lipinski definition) is 0. The Labute approximate surface area is 160 Å². The lowest BCUT2D eigenvalue weighted by Crippen LogP contribution is -2.34. The summed E-state index contributed by atoms with van der Waals surface area (Å²) in [5, 5.41) is 0. The van der Waals surface area contributed by atoms with E-state index in [0.29, 0.717) is 25.2 Å². The van der Waals surface area contributed by atoms with E-state index in [9.17, 15) is 12.8 Å². The Bertz CT molecular complexity index is 903. The number of rotatable bonds is 5. The van der Waals surface area contributed by atoms with E-state index in [2.05, 4.69) is 4.90 Å². The second-order valence-corrected chi connectivity index (χ2v) is 9.85. The molecular formula is C21H25FN2O2S. The van der Waals surface area contributed by atoms with Gasteiger partial charge in [0.1, 0.15) is 5.82 Å². The van der Waals surface area contributed by atoms with Crippen LogP contribution >= 0.6 is 0 Å². The summed E-state index contributed by atoms with van der Waals surface area (Å²) in [7, 11) is -3.30. The zero-order chi connectivity index (χ0) is 18.9. The molecule has 1 spiro atoms. The molecule has 0 aromatic heterocycles. The molecule has 0 saturated carbocycles. The van der Waals surface area contributed by atoms with Crippen LogP contribution < -0.4 is 0 Å². The summed E-state index contributed by atoms with van der Waals surface area (Å²) >= 11 is 0. The Hall–Kier alpha value is -1.76. The maximum Gasteiger partial charge on any atom is 0.218 e. The third-order valence-corrected chi connectivity index (χ3v) is 7.65. The van der Waals surface area contributed by atoms with Crippen molar-refractivity contribution in [1.29, 1.82) is 0 Å². The lowest BCUT2D eigenvalue weighted by molar-refractivity contribution is 0.258. The minimum Gasteiger partial charge on any atom is -0.298 e. The highest BCUT2D eigenvalue weighted by Gasteiger charge is 2.46. The highest BCUT2D eigenvalue weighted by molar-refractivity contribution is 7.88. The molecule has 0 aliphatic carbocycles. The fourth-order valence-corrected chi connectivity index (χ4v) is 6.01. The Kier molecular flexibility index (Phi) is 5.05. The second kappa shape index (κ2) is 7.34. The first-order valence-corrected chi connectivity index (χ1v) is 11.0. The van der Waals surface area contributed by atoms with Crippen LogP contribution in [0.2, 0.25) is 0 Å². The molecule has 4 nitrogen and oxygen atoms in total. The minimum absolute atomic E-state index is 0.00894. The summed E-state index contributed by atoms with van der Waals surface area (Å²) in [5.41, 5.74) is 1.54. The highest BCUT2D eigenvalue weighted by Crippen LogP contribution is 2.41. The van der Waals surface area contributed by atoms with Crippen molar-refractivity contribution in [2.75, 3.05) is 26.2 Å². The summed E-state index contributed by atoms with van der Waals surface area (Å²) in [4.78, 5) is 2.26. The van der Waals surface area contributed by atoms with Crippen molar-refractivity contribution >= 4 is 10.0 Å². The molecule has 2 saturated heterocycles. The fraction of sp³-hybridized carbons (Fsp3) is 0.429. The SMILES string of the molecule is O=S(=O)(Cc1ccccc1)N1CCC2(CCN(Cc3ccccc3F)C2)C1. The quantitative estimate of drug-likeness (QED) is 0.789. The summed E-state index contributed by atoms with van der Waals surface area (Å²) in [6, 6.07) is 16.2. The maximum absolute atomic E-state index is 13.9. The molecule has 2 aliphatic heterocycles. The molecule has 0 radical (unpaired) electrons.